The molecular formula is C54H36N2. The van der Waals surface area contributed by atoms with Gasteiger partial charge >= 0.3 is 0 Å². The van der Waals surface area contributed by atoms with Crippen LogP contribution in [0.15, 0.2) is 218 Å². The minimum atomic E-state index is 0.942. The van der Waals surface area contributed by atoms with E-state index in [4.69, 9.17) is 9.97 Å². The minimum absolute atomic E-state index is 0.942. The van der Waals surface area contributed by atoms with Crippen molar-refractivity contribution < 1.29 is 0 Å². The Morgan fingerprint density at radius 3 is 1.38 bits per heavy atom. The van der Waals surface area contributed by atoms with Crippen molar-refractivity contribution in [3.63, 3.8) is 0 Å². The molecule has 10 rings (SSSR count). The Labute approximate surface area is 327 Å². The number of rotatable bonds is 7. The van der Waals surface area contributed by atoms with Crippen LogP contribution in [0.5, 0.6) is 0 Å². The van der Waals surface area contributed by atoms with Crippen LogP contribution in [0.25, 0.3) is 100.0 Å². The van der Waals surface area contributed by atoms with Crippen LogP contribution >= 0.6 is 0 Å². The summed E-state index contributed by atoms with van der Waals surface area (Å²) >= 11 is 0. The summed E-state index contributed by atoms with van der Waals surface area (Å²) in [7, 11) is 0. The first-order valence-corrected chi connectivity index (χ1v) is 19.1. The summed E-state index contributed by atoms with van der Waals surface area (Å²) in [5.41, 5.74) is 16.4. The number of fused-ring (bicyclic) bond motifs is 3. The fraction of sp³-hybridized carbons (Fsp3) is 0. The van der Waals surface area contributed by atoms with Gasteiger partial charge in [0.25, 0.3) is 0 Å². The van der Waals surface area contributed by atoms with E-state index in [-0.39, 0.29) is 0 Å². The van der Waals surface area contributed by atoms with Crippen molar-refractivity contribution >= 4 is 21.7 Å². The average molecular weight is 713 g/mol. The summed E-state index contributed by atoms with van der Waals surface area (Å²) < 4.78 is 0. The van der Waals surface area contributed by atoms with Crippen LogP contribution in [-0.2, 0) is 0 Å². The molecule has 0 unspecified atom stereocenters. The topological polar surface area (TPSA) is 25.8 Å². The number of benzene rings is 8. The standard InChI is InChI=1S/C54H36N2/c1-5-16-37(17-6-1)41-24-14-27-44(33-41)52-35-45(34-51(56-52)39-20-9-3-10-21-39)42-25-13-26-43(32-42)46-28-15-29-48-47(46)30-31-50-54(48)49(38-18-7-2-8-19-38)36-53(55-50)40-22-11-4-12-23-40/h1-36H. The van der Waals surface area contributed by atoms with Crippen LogP contribution in [0.4, 0.5) is 0 Å². The van der Waals surface area contributed by atoms with E-state index in [0.29, 0.717) is 0 Å². The van der Waals surface area contributed by atoms with E-state index >= 15 is 0 Å². The molecule has 0 aliphatic rings. The molecule has 0 fully saturated rings. The average Bonchev–Trinajstić information content (AvgIpc) is 3.29. The zero-order chi connectivity index (χ0) is 37.3. The van der Waals surface area contributed by atoms with Crippen LogP contribution in [0.1, 0.15) is 0 Å². The Morgan fingerprint density at radius 2 is 0.714 bits per heavy atom. The summed E-state index contributed by atoms with van der Waals surface area (Å²) in [6, 6.07) is 77.6. The fourth-order valence-corrected chi connectivity index (χ4v) is 7.90. The van der Waals surface area contributed by atoms with E-state index in [1.165, 1.54) is 38.6 Å². The van der Waals surface area contributed by atoms with Crippen molar-refractivity contribution in [2.75, 3.05) is 0 Å². The first kappa shape index (κ1) is 33.2. The second-order valence-corrected chi connectivity index (χ2v) is 14.2. The lowest BCUT2D eigenvalue weighted by Crippen LogP contribution is -1.93. The first-order chi connectivity index (χ1) is 27.7. The molecule has 0 radical (unpaired) electrons. The van der Waals surface area contributed by atoms with E-state index in [2.05, 4.69) is 212 Å². The van der Waals surface area contributed by atoms with Gasteiger partial charge in [0.05, 0.1) is 22.6 Å². The predicted molar refractivity (Wildman–Crippen MR) is 235 cm³/mol. The SMILES string of the molecule is c1ccc(-c2cccc(-c3cc(-c4cccc(-c5cccc6c5ccc5nc(-c7ccccc7)cc(-c7ccccc7)c56)c4)cc(-c4ccccc4)n3)c2)cc1. The zero-order valence-electron chi connectivity index (χ0n) is 30.7. The second-order valence-electron chi connectivity index (χ2n) is 14.2. The van der Waals surface area contributed by atoms with Crippen LogP contribution in [-0.4, -0.2) is 9.97 Å². The Kier molecular flexibility index (Phi) is 8.55. The van der Waals surface area contributed by atoms with E-state index in [1.807, 2.05) is 6.07 Å². The lowest BCUT2D eigenvalue weighted by Gasteiger charge is -2.15. The maximum absolute atomic E-state index is 5.24. The minimum Gasteiger partial charge on any atom is -0.248 e. The summed E-state index contributed by atoms with van der Waals surface area (Å²) in [5.74, 6) is 0. The molecule has 0 atom stereocenters. The fourth-order valence-electron chi connectivity index (χ4n) is 7.90. The smallest absolute Gasteiger partial charge is 0.0722 e. The van der Waals surface area contributed by atoms with Crippen molar-refractivity contribution in [1.82, 2.24) is 9.97 Å². The number of pyridine rings is 2. The third kappa shape index (κ3) is 6.34. The van der Waals surface area contributed by atoms with Gasteiger partial charge in [0.1, 0.15) is 0 Å². The molecule has 2 heterocycles. The van der Waals surface area contributed by atoms with Gasteiger partial charge in [-0.2, -0.15) is 0 Å². The highest BCUT2D eigenvalue weighted by molar-refractivity contribution is 6.17. The van der Waals surface area contributed by atoms with Gasteiger partial charge in [0.2, 0.25) is 0 Å². The number of hydrogen-bond acceptors (Lipinski definition) is 2. The van der Waals surface area contributed by atoms with Gasteiger partial charge in [-0.15, -0.1) is 0 Å². The highest BCUT2D eigenvalue weighted by Gasteiger charge is 2.16. The molecule has 2 aromatic heterocycles. The van der Waals surface area contributed by atoms with E-state index in [1.54, 1.807) is 0 Å². The molecule has 0 bridgehead atoms. The van der Waals surface area contributed by atoms with Crippen LogP contribution < -0.4 is 0 Å². The van der Waals surface area contributed by atoms with Gasteiger partial charge in [-0.05, 0) is 91.7 Å². The van der Waals surface area contributed by atoms with Crippen LogP contribution in [0.3, 0.4) is 0 Å². The number of hydrogen-bond donors (Lipinski definition) is 0. The molecule has 2 heteroatoms. The first-order valence-electron chi connectivity index (χ1n) is 19.1. The summed E-state index contributed by atoms with van der Waals surface area (Å²) in [6.45, 7) is 0. The molecule has 0 saturated heterocycles. The van der Waals surface area contributed by atoms with Crippen molar-refractivity contribution in [2.45, 2.75) is 0 Å². The second kappa shape index (κ2) is 14.4. The molecule has 0 aliphatic heterocycles. The molecule has 0 aliphatic carbocycles. The van der Waals surface area contributed by atoms with Crippen LogP contribution in [0.2, 0.25) is 0 Å². The van der Waals surface area contributed by atoms with Gasteiger partial charge in [0.15, 0.2) is 0 Å². The quantitative estimate of drug-likeness (QED) is 0.154. The van der Waals surface area contributed by atoms with E-state index in [9.17, 15) is 0 Å². The highest BCUT2D eigenvalue weighted by atomic mass is 14.7. The van der Waals surface area contributed by atoms with E-state index < -0.39 is 0 Å². The number of nitrogens with zero attached hydrogens (tertiary/aromatic N) is 2. The molecule has 0 saturated carbocycles. The Hall–Kier alpha value is -7.42. The van der Waals surface area contributed by atoms with Crippen molar-refractivity contribution in [3.05, 3.63) is 218 Å². The maximum Gasteiger partial charge on any atom is 0.0722 e. The molecule has 2 nitrogen and oxygen atoms in total. The lowest BCUT2D eigenvalue weighted by molar-refractivity contribution is 1.32. The Bertz CT molecular complexity index is 2990. The molecule has 56 heavy (non-hydrogen) atoms. The largest absolute Gasteiger partial charge is 0.248 e. The molecule has 8 aromatic carbocycles. The van der Waals surface area contributed by atoms with Crippen molar-refractivity contribution in [3.8, 4) is 78.3 Å². The normalized spacial score (nSPS) is 11.2. The summed E-state index contributed by atoms with van der Waals surface area (Å²) in [4.78, 5) is 10.5. The third-order valence-corrected chi connectivity index (χ3v) is 10.7. The van der Waals surface area contributed by atoms with Gasteiger partial charge in [-0.1, -0.05) is 182 Å². The molecule has 0 amide bonds. The Balaban J connectivity index is 1.12. The molecule has 0 N–H and O–H groups in total. The van der Waals surface area contributed by atoms with Crippen LogP contribution in [0, 0.1) is 0 Å². The lowest BCUT2D eigenvalue weighted by atomic mass is 9.90. The van der Waals surface area contributed by atoms with Gasteiger partial charge in [0, 0.05) is 22.1 Å². The zero-order valence-corrected chi connectivity index (χ0v) is 30.7. The van der Waals surface area contributed by atoms with Gasteiger partial charge in [-0.3, -0.25) is 0 Å². The summed E-state index contributed by atoms with van der Waals surface area (Å²) in [6.07, 6.45) is 0. The highest BCUT2D eigenvalue weighted by Crippen LogP contribution is 2.40. The van der Waals surface area contributed by atoms with E-state index in [0.717, 1.165) is 61.4 Å². The third-order valence-electron chi connectivity index (χ3n) is 10.7. The van der Waals surface area contributed by atoms with Gasteiger partial charge in [-0.25, -0.2) is 9.97 Å². The molecular weight excluding hydrogens is 677 g/mol. The van der Waals surface area contributed by atoms with Gasteiger partial charge < -0.3 is 0 Å². The monoisotopic (exact) mass is 712 g/mol. The Morgan fingerprint density at radius 1 is 0.232 bits per heavy atom. The summed E-state index contributed by atoms with van der Waals surface area (Å²) in [5, 5.41) is 3.55. The van der Waals surface area contributed by atoms with Crippen molar-refractivity contribution in [1.29, 1.82) is 0 Å². The number of aromatic nitrogens is 2. The molecule has 0 spiro atoms. The molecule has 10 aromatic rings. The van der Waals surface area contributed by atoms with Crippen molar-refractivity contribution in [2.24, 2.45) is 0 Å². The molecule has 262 valence electrons. The maximum atomic E-state index is 5.24. The predicted octanol–water partition coefficient (Wildman–Crippen LogP) is 14.5.